The van der Waals surface area contributed by atoms with Crippen molar-refractivity contribution in [2.75, 3.05) is 11.9 Å². The maximum atomic E-state index is 12.5. The second kappa shape index (κ2) is 5.30. The molecule has 0 amide bonds. The second-order valence-electron chi connectivity index (χ2n) is 4.65. The lowest BCUT2D eigenvalue weighted by atomic mass is 10.1. The van der Waals surface area contributed by atoms with Crippen LogP contribution in [0.15, 0.2) is 11.2 Å². The van der Waals surface area contributed by atoms with Gasteiger partial charge in [0.05, 0.1) is 6.20 Å². The summed E-state index contributed by atoms with van der Waals surface area (Å²) in [6.45, 7) is 4.61. The predicted octanol–water partition coefficient (Wildman–Crippen LogP) is 1.77. The number of rotatable bonds is 4. The number of aryl methyl sites for hydroxylation is 1. The number of halogens is 1. The Balaban J connectivity index is 2.31. The SMILES string of the molecule is CCc1ncc(S(=O)(=O)N2CCC(C)C2CBr)[nH]1. The number of imidazole rings is 1. The molecule has 0 radical (unpaired) electrons. The smallest absolute Gasteiger partial charge is 0.260 e. The van der Waals surface area contributed by atoms with Gasteiger partial charge in [0.15, 0.2) is 5.03 Å². The van der Waals surface area contributed by atoms with Crippen molar-refractivity contribution >= 4 is 26.0 Å². The highest BCUT2D eigenvalue weighted by molar-refractivity contribution is 9.09. The van der Waals surface area contributed by atoms with Gasteiger partial charge in [-0.3, -0.25) is 0 Å². The Morgan fingerprint density at radius 3 is 2.89 bits per heavy atom. The van der Waals surface area contributed by atoms with Crippen LogP contribution in [0, 0.1) is 5.92 Å². The van der Waals surface area contributed by atoms with Crippen LogP contribution in [0.5, 0.6) is 0 Å². The summed E-state index contributed by atoms with van der Waals surface area (Å²) in [5.74, 6) is 1.09. The number of aromatic nitrogens is 2. The van der Waals surface area contributed by atoms with E-state index in [1.54, 1.807) is 4.31 Å². The van der Waals surface area contributed by atoms with Crippen molar-refractivity contribution < 1.29 is 8.42 Å². The number of hydrogen-bond acceptors (Lipinski definition) is 3. The van der Waals surface area contributed by atoms with Crippen LogP contribution < -0.4 is 0 Å². The van der Waals surface area contributed by atoms with Crippen LogP contribution in [0.25, 0.3) is 0 Å². The van der Waals surface area contributed by atoms with Gasteiger partial charge < -0.3 is 4.98 Å². The number of nitrogens with one attached hydrogen (secondary N) is 1. The lowest BCUT2D eigenvalue weighted by Crippen LogP contribution is -2.38. The summed E-state index contributed by atoms with van der Waals surface area (Å²) in [6.07, 6.45) is 3.03. The first-order valence-corrected chi connectivity index (χ1v) is 8.68. The summed E-state index contributed by atoms with van der Waals surface area (Å²) in [7, 11) is -3.44. The van der Waals surface area contributed by atoms with Crippen LogP contribution in [0.3, 0.4) is 0 Å². The van der Waals surface area contributed by atoms with Crippen LogP contribution in [0.2, 0.25) is 0 Å². The molecule has 1 aliphatic heterocycles. The molecule has 2 rings (SSSR count). The Bertz CT molecular complexity index is 514. The predicted molar refractivity (Wildman–Crippen MR) is 73.2 cm³/mol. The molecular formula is C11H18BrN3O2S. The molecule has 102 valence electrons. The normalized spacial score (nSPS) is 25.7. The molecule has 2 heterocycles. The fourth-order valence-electron chi connectivity index (χ4n) is 2.28. The Morgan fingerprint density at radius 1 is 1.61 bits per heavy atom. The fourth-order valence-corrected chi connectivity index (χ4v) is 5.13. The van der Waals surface area contributed by atoms with Crippen molar-refractivity contribution in [3.63, 3.8) is 0 Å². The first kappa shape index (κ1) is 14.0. The number of nitrogens with zero attached hydrogens (tertiary/aromatic N) is 2. The van der Waals surface area contributed by atoms with Gasteiger partial charge in [-0.1, -0.05) is 29.8 Å². The van der Waals surface area contributed by atoms with Crippen molar-refractivity contribution in [2.24, 2.45) is 5.92 Å². The molecule has 1 fully saturated rings. The Hall–Kier alpha value is -0.400. The molecule has 1 saturated heterocycles. The highest BCUT2D eigenvalue weighted by Gasteiger charge is 2.39. The van der Waals surface area contributed by atoms with E-state index in [4.69, 9.17) is 0 Å². The summed E-state index contributed by atoms with van der Waals surface area (Å²) < 4.78 is 26.6. The van der Waals surface area contributed by atoms with E-state index in [1.807, 2.05) is 6.92 Å². The third-order valence-corrected chi connectivity index (χ3v) is 6.01. The van der Waals surface area contributed by atoms with Crippen LogP contribution in [-0.2, 0) is 16.4 Å². The number of H-pyrrole nitrogens is 1. The van der Waals surface area contributed by atoms with E-state index < -0.39 is 10.0 Å². The maximum absolute atomic E-state index is 12.5. The molecule has 1 aromatic rings. The Labute approximate surface area is 116 Å². The van der Waals surface area contributed by atoms with Gasteiger partial charge in [-0.25, -0.2) is 13.4 Å². The van der Waals surface area contributed by atoms with Gasteiger partial charge in [-0.15, -0.1) is 0 Å². The zero-order valence-electron chi connectivity index (χ0n) is 10.6. The van der Waals surface area contributed by atoms with Crippen LogP contribution in [0.4, 0.5) is 0 Å². The van der Waals surface area contributed by atoms with Gasteiger partial charge >= 0.3 is 0 Å². The molecule has 0 aromatic carbocycles. The van der Waals surface area contributed by atoms with Gasteiger partial charge in [0, 0.05) is 24.3 Å². The molecule has 2 unspecified atom stereocenters. The van der Waals surface area contributed by atoms with E-state index in [0.29, 0.717) is 30.0 Å². The standard InChI is InChI=1S/C11H18BrN3O2S/c1-3-10-13-7-11(14-10)18(16,17)15-5-4-8(2)9(15)6-12/h7-9H,3-6H2,1-2H3,(H,13,14). The molecule has 2 atom stereocenters. The minimum atomic E-state index is -3.44. The van der Waals surface area contributed by atoms with Crippen molar-refractivity contribution in [1.82, 2.24) is 14.3 Å². The lowest BCUT2D eigenvalue weighted by Gasteiger charge is -2.23. The van der Waals surface area contributed by atoms with Crippen molar-refractivity contribution in [2.45, 2.75) is 37.8 Å². The van der Waals surface area contributed by atoms with Crippen molar-refractivity contribution in [1.29, 1.82) is 0 Å². The van der Waals surface area contributed by atoms with E-state index in [9.17, 15) is 8.42 Å². The minimum Gasteiger partial charge on any atom is -0.332 e. The van der Waals surface area contributed by atoms with Crippen LogP contribution in [0.1, 0.15) is 26.1 Å². The summed E-state index contributed by atoms with van der Waals surface area (Å²) in [5.41, 5.74) is 0. The number of hydrogen-bond donors (Lipinski definition) is 1. The largest absolute Gasteiger partial charge is 0.332 e. The number of sulfonamides is 1. The average Bonchev–Trinajstić information content (AvgIpc) is 2.95. The third-order valence-electron chi connectivity index (χ3n) is 3.52. The van der Waals surface area contributed by atoms with Crippen LogP contribution >= 0.6 is 15.9 Å². The summed E-state index contributed by atoms with van der Waals surface area (Å²) >= 11 is 3.41. The van der Waals surface area contributed by atoms with Gasteiger partial charge in [0.25, 0.3) is 10.0 Å². The first-order valence-electron chi connectivity index (χ1n) is 6.12. The van der Waals surface area contributed by atoms with Gasteiger partial charge in [0.2, 0.25) is 0 Å². The number of aromatic amines is 1. The zero-order chi connectivity index (χ0) is 13.3. The summed E-state index contributed by atoms with van der Waals surface area (Å²) in [5, 5.41) is 0.877. The average molecular weight is 336 g/mol. The zero-order valence-corrected chi connectivity index (χ0v) is 13.0. The molecule has 0 spiro atoms. The van der Waals surface area contributed by atoms with Crippen molar-refractivity contribution in [3.8, 4) is 0 Å². The van der Waals surface area contributed by atoms with E-state index in [1.165, 1.54) is 6.20 Å². The molecule has 5 nitrogen and oxygen atoms in total. The topological polar surface area (TPSA) is 66.1 Å². The molecule has 1 aromatic heterocycles. The third kappa shape index (κ3) is 2.35. The van der Waals surface area contributed by atoms with E-state index in [-0.39, 0.29) is 11.1 Å². The molecule has 7 heteroatoms. The molecule has 18 heavy (non-hydrogen) atoms. The Kier molecular flexibility index (Phi) is 4.13. The lowest BCUT2D eigenvalue weighted by molar-refractivity contribution is 0.377. The minimum absolute atomic E-state index is 0.0309. The van der Waals surface area contributed by atoms with E-state index in [2.05, 4.69) is 32.8 Å². The van der Waals surface area contributed by atoms with E-state index in [0.717, 1.165) is 6.42 Å². The maximum Gasteiger partial charge on any atom is 0.260 e. The highest BCUT2D eigenvalue weighted by Crippen LogP contribution is 2.30. The Morgan fingerprint density at radius 2 is 2.33 bits per heavy atom. The molecular weight excluding hydrogens is 318 g/mol. The first-order chi connectivity index (χ1) is 8.50. The summed E-state index contributed by atoms with van der Waals surface area (Å²) in [4.78, 5) is 6.95. The molecule has 0 bridgehead atoms. The monoisotopic (exact) mass is 335 g/mol. The van der Waals surface area contributed by atoms with Gasteiger partial charge in [-0.2, -0.15) is 4.31 Å². The van der Waals surface area contributed by atoms with Crippen molar-refractivity contribution in [3.05, 3.63) is 12.0 Å². The fraction of sp³-hybridized carbons (Fsp3) is 0.727. The number of alkyl halides is 1. The molecule has 0 saturated carbocycles. The summed E-state index contributed by atoms with van der Waals surface area (Å²) in [6, 6.07) is 0.0309. The quantitative estimate of drug-likeness (QED) is 0.852. The molecule has 0 aliphatic carbocycles. The molecule has 1 aliphatic rings. The van der Waals surface area contributed by atoms with E-state index >= 15 is 0 Å². The highest BCUT2D eigenvalue weighted by atomic mass is 79.9. The second-order valence-corrected chi connectivity index (χ2v) is 7.16. The van der Waals surface area contributed by atoms with Crippen LogP contribution in [-0.4, -0.2) is 40.6 Å². The molecule has 1 N–H and O–H groups in total. The van der Waals surface area contributed by atoms with Gasteiger partial charge in [-0.05, 0) is 12.3 Å². The van der Waals surface area contributed by atoms with Gasteiger partial charge in [0.1, 0.15) is 5.82 Å².